The van der Waals surface area contributed by atoms with Crippen molar-refractivity contribution >= 4 is 11.0 Å². The molecule has 1 aromatic carbocycles. The molecule has 0 atom stereocenters. The molecule has 4 aromatic heterocycles. The third-order valence-corrected chi connectivity index (χ3v) is 4.68. The van der Waals surface area contributed by atoms with Crippen LogP contribution in [-0.4, -0.2) is 24.7 Å². The fourth-order valence-corrected chi connectivity index (χ4v) is 3.44. The number of aromatic amines is 1. The number of halogens is 1. The molecule has 0 bridgehead atoms. The number of nitrogens with one attached hydrogen (secondary N) is 1. The minimum Gasteiger partial charge on any atom is -0.361 e. The Labute approximate surface area is 159 Å². The van der Waals surface area contributed by atoms with Crippen molar-refractivity contribution in [2.24, 2.45) is 0 Å². The molecule has 0 saturated heterocycles. The van der Waals surface area contributed by atoms with Crippen LogP contribution in [0.4, 0.5) is 4.39 Å². The van der Waals surface area contributed by atoms with Crippen LogP contribution in [0.15, 0.2) is 65.7 Å². The zero-order chi connectivity index (χ0) is 19.1. The van der Waals surface area contributed by atoms with Crippen LogP contribution in [0.2, 0.25) is 0 Å². The van der Waals surface area contributed by atoms with Crippen LogP contribution in [0.3, 0.4) is 0 Å². The van der Waals surface area contributed by atoms with E-state index in [9.17, 15) is 4.39 Å². The number of imidazole rings is 1. The van der Waals surface area contributed by atoms with Gasteiger partial charge in [0, 0.05) is 35.0 Å². The van der Waals surface area contributed by atoms with E-state index in [4.69, 9.17) is 4.52 Å². The summed E-state index contributed by atoms with van der Waals surface area (Å²) in [7, 11) is 0. The summed E-state index contributed by atoms with van der Waals surface area (Å²) in [6.45, 7) is 2.37. The topological polar surface area (TPSA) is 72.5 Å². The summed E-state index contributed by atoms with van der Waals surface area (Å²) < 4.78 is 20.7. The number of H-pyrrole nitrogens is 1. The Bertz CT molecular complexity index is 1270. The van der Waals surface area contributed by atoms with Gasteiger partial charge in [-0.2, -0.15) is 0 Å². The molecule has 0 aliphatic heterocycles. The summed E-state index contributed by atoms with van der Waals surface area (Å²) in [6, 6.07) is 12.2. The number of fused-ring (bicyclic) bond motifs is 1. The van der Waals surface area contributed by atoms with E-state index in [1.54, 1.807) is 24.7 Å². The molecule has 0 radical (unpaired) electrons. The van der Waals surface area contributed by atoms with Crippen LogP contribution < -0.4 is 0 Å². The lowest BCUT2D eigenvalue weighted by Crippen LogP contribution is -2.01. The average molecular weight is 373 g/mol. The van der Waals surface area contributed by atoms with Gasteiger partial charge < -0.3 is 14.1 Å². The second kappa shape index (κ2) is 6.45. The number of nitrogens with zero attached hydrogens (tertiary/aromatic N) is 4. The van der Waals surface area contributed by atoms with Gasteiger partial charge in [-0.1, -0.05) is 5.16 Å². The number of benzene rings is 1. The number of hydrogen-bond donors (Lipinski definition) is 1. The SMILES string of the molecule is Cc1cc(Cn2cnc(-c3ccc(F)cc3)c2-c2ccnc3[nH]ccc23)no1. The molecule has 5 rings (SSSR count). The van der Waals surface area contributed by atoms with Crippen LogP contribution in [-0.2, 0) is 6.54 Å². The Hall–Kier alpha value is -3.74. The van der Waals surface area contributed by atoms with Crippen molar-refractivity contribution in [1.29, 1.82) is 0 Å². The molecule has 5 aromatic rings. The van der Waals surface area contributed by atoms with E-state index in [1.807, 2.05) is 35.9 Å². The van der Waals surface area contributed by atoms with Crippen LogP contribution in [0.1, 0.15) is 11.5 Å². The smallest absolute Gasteiger partial charge is 0.137 e. The van der Waals surface area contributed by atoms with Crippen molar-refractivity contribution in [2.45, 2.75) is 13.5 Å². The van der Waals surface area contributed by atoms with Gasteiger partial charge in [-0.15, -0.1) is 0 Å². The molecule has 0 amide bonds. The first-order valence-electron chi connectivity index (χ1n) is 8.85. The maximum Gasteiger partial charge on any atom is 0.137 e. The highest BCUT2D eigenvalue weighted by molar-refractivity contribution is 5.95. The van der Waals surface area contributed by atoms with E-state index in [2.05, 4.69) is 20.1 Å². The molecule has 0 aliphatic rings. The Morgan fingerprint density at radius 2 is 1.96 bits per heavy atom. The van der Waals surface area contributed by atoms with Gasteiger partial charge in [0.15, 0.2) is 0 Å². The highest BCUT2D eigenvalue weighted by atomic mass is 19.1. The minimum absolute atomic E-state index is 0.278. The quantitative estimate of drug-likeness (QED) is 0.501. The third kappa shape index (κ3) is 2.77. The average Bonchev–Trinajstić information content (AvgIpc) is 3.42. The van der Waals surface area contributed by atoms with Crippen molar-refractivity contribution in [3.05, 3.63) is 78.5 Å². The highest BCUT2D eigenvalue weighted by Crippen LogP contribution is 2.35. The lowest BCUT2D eigenvalue weighted by molar-refractivity contribution is 0.389. The Kier molecular flexibility index (Phi) is 3.79. The monoisotopic (exact) mass is 373 g/mol. The van der Waals surface area contributed by atoms with Gasteiger partial charge in [-0.3, -0.25) is 0 Å². The molecule has 0 unspecified atom stereocenters. The standard InChI is InChI=1S/C21H16FN5O/c1-13-10-16(26-28-13)11-27-12-25-19(14-2-4-15(22)5-3-14)20(27)17-6-8-23-21-18(17)7-9-24-21/h2-10,12H,11H2,1H3,(H,23,24). The van der Waals surface area contributed by atoms with Crippen LogP contribution >= 0.6 is 0 Å². The zero-order valence-corrected chi connectivity index (χ0v) is 15.1. The minimum atomic E-state index is -0.278. The highest BCUT2D eigenvalue weighted by Gasteiger charge is 2.19. The molecule has 0 fully saturated rings. The molecule has 0 saturated carbocycles. The van der Waals surface area contributed by atoms with Crippen molar-refractivity contribution in [3.8, 4) is 22.5 Å². The molecule has 0 spiro atoms. The number of aromatic nitrogens is 5. The van der Waals surface area contributed by atoms with E-state index in [-0.39, 0.29) is 5.82 Å². The summed E-state index contributed by atoms with van der Waals surface area (Å²) in [4.78, 5) is 12.2. The van der Waals surface area contributed by atoms with E-state index < -0.39 is 0 Å². The van der Waals surface area contributed by atoms with Gasteiger partial charge in [0.1, 0.15) is 22.9 Å². The summed E-state index contributed by atoms with van der Waals surface area (Å²) in [5.74, 6) is 0.479. The van der Waals surface area contributed by atoms with Gasteiger partial charge >= 0.3 is 0 Å². The van der Waals surface area contributed by atoms with E-state index in [0.29, 0.717) is 6.54 Å². The summed E-state index contributed by atoms with van der Waals surface area (Å²) >= 11 is 0. The summed E-state index contributed by atoms with van der Waals surface area (Å²) in [5.41, 5.74) is 5.12. The molecule has 1 N–H and O–H groups in total. The lowest BCUT2D eigenvalue weighted by Gasteiger charge is -2.11. The van der Waals surface area contributed by atoms with Gasteiger partial charge in [0.25, 0.3) is 0 Å². The van der Waals surface area contributed by atoms with Crippen molar-refractivity contribution in [2.75, 3.05) is 0 Å². The van der Waals surface area contributed by atoms with Crippen molar-refractivity contribution < 1.29 is 8.91 Å². The van der Waals surface area contributed by atoms with Gasteiger partial charge in [0.2, 0.25) is 0 Å². The van der Waals surface area contributed by atoms with E-state index >= 15 is 0 Å². The van der Waals surface area contributed by atoms with Crippen LogP contribution in [0, 0.1) is 12.7 Å². The zero-order valence-electron chi connectivity index (χ0n) is 15.1. The Balaban J connectivity index is 1.72. The first-order chi connectivity index (χ1) is 13.7. The molecular formula is C21H16FN5O. The van der Waals surface area contributed by atoms with Crippen molar-refractivity contribution in [3.63, 3.8) is 0 Å². The molecule has 138 valence electrons. The number of aryl methyl sites for hydroxylation is 1. The molecule has 0 aliphatic carbocycles. The fourth-order valence-electron chi connectivity index (χ4n) is 3.44. The summed E-state index contributed by atoms with van der Waals surface area (Å²) in [6.07, 6.45) is 5.40. The summed E-state index contributed by atoms with van der Waals surface area (Å²) in [5, 5.41) is 5.09. The lowest BCUT2D eigenvalue weighted by atomic mass is 10.0. The first kappa shape index (κ1) is 16.4. The molecule has 28 heavy (non-hydrogen) atoms. The number of rotatable bonds is 4. The van der Waals surface area contributed by atoms with Crippen molar-refractivity contribution in [1.82, 2.24) is 24.7 Å². The normalized spacial score (nSPS) is 11.4. The van der Waals surface area contributed by atoms with Gasteiger partial charge in [-0.05, 0) is 43.3 Å². The van der Waals surface area contributed by atoms with Crippen LogP contribution in [0.25, 0.3) is 33.5 Å². The number of hydrogen-bond acceptors (Lipinski definition) is 4. The van der Waals surface area contributed by atoms with E-state index in [0.717, 1.165) is 45.0 Å². The maximum atomic E-state index is 13.4. The predicted octanol–water partition coefficient (Wildman–Crippen LogP) is 4.58. The second-order valence-corrected chi connectivity index (χ2v) is 6.60. The largest absolute Gasteiger partial charge is 0.361 e. The Morgan fingerprint density at radius 1 is 1.11 bits per heavy atom. The predicted molar refractivity (Wildman–Crippen MR) is 103 cm³/mol. The molecular weight excluding hydrogens is 357 g/mol. The van der Waals surface area contributed by atoms with Gasteiger partial charge in [-0.25, -0.2) is 14.4 Å². The third-order valence-electron chi connectivity index (χ3n) is 4.68. The van der Waals surface area contributed by atoms with E-state index in [1.165, 1.54) is 12.1 Å². The first-order valence-corrected chi connectivity index (χ1v) is 8.85. The maximum absolute atomic E-state index is 13.4. The second-order valence-electron chi connectivity index (χ2n) is 6.60. The Morgan fingerprint density at radius 3 is 2.75 bits per heavy atom. The molecule has 4 heterocycles. The van der Waals surface area contributed by atoms with Crippen LogP contribution in [0.5, 0.6) is 0 Å². The molecule has 7 heteroatoms. The number of pyridine rings is 1. The fraction of sp³-hybridized carbons (Fsp3) is 0.0952. The van der Waals surface area contributed by atoms with Gasteiger partial charge in [0.05, 0.1) is 24.3 Å². The molecule has 6 nitrogen and oxygen atoms in total.